The SMILES string of the molecule is CC(=O)Nc1cccc(NC(=O)CSc2nnc3[nH]c(=O)cc(-c4ccccc4)n23)c1. The smallest absolute Gasteiger partial charge is 0.252 e. The van der Waals surface area contributed by atoms with Crippen molar-refractivity contribution in [2.24, 2.45) is 0 Å². The molecular formula is C21H18N6O3S. The molecule has 0 aliphatic carbocycles. The van der Waals surface area contributed by atoms with Crippen LogP contribution in [0.5, 0.6) is 0 Å². The Labute approximate surface area is 180 Å². The summed E-state index contributed by atoms with van der Waals surface area (Å²) in [7, 11) is 0. The topological polar surface area (TPSA) is 121 Å². The maximum atomic E-state index is 12.5. The second-order valence-corrected chi connectivity index (χ2v) is 7.57. The highest BCUT2D eigenvalue weighted by molar-refractivity contribution is 7.99. The van der Waals surface area contributed by atoms with Crippen molar-refractivity contribution in [1.82, 2.24) is 19.6 Å². The lowest BCUT2D eigenvalue weighted by Gasteiger charge is -2.09. The number of aromatic amines is 1. The average Bonchev–Trinajstić information content (AvgIpc) is 3.15. The van der Waals surface area contributed by atoms with Crippen molar-refractivity contribution in [3.63, 3.8) is 0 Å². The number of nitrogens with zero attached hydrogens (tertiary/aromatic N) is 3. The number of carbonyl (C=O) groups excluding carboxylic acids is 2. The molecule has 156 valence electrons. The predicted molar refractivity (Wildman–Crippen MR) is 119 cm³/mol. The van der Waals surface area contributed by atoms with Gasteiger partial charge in [-0.3, -0.25) is 23.8 Å². The number of carbonyl (C=O) groups is 2. The third kappa shape index (κ3) is 4.81. The van der Waals surface area contributed by atoms with E-state index in [9.17, 15) is 14.4 Å². The summed E-state index contributed by atoms with van der Waals surface area (Å²) in [5.41, 5.74) is 2.34. The zero-order valence-electron chi connectivity index (χ0n) is 16.5. The maximum absolute atomic E-state index is 12.5. The first-order valence-electron chi connectivity index (χ1n) is 9.34. The number of hydrogen-bond donors (Lipinski definition) is 3. The largest absolute Gasteiger partial charge is 0.326 e. The lowest BCUT2D eigenvalue weighted by Crippen LogP contribution is -2.15. The molecule has 31 heavy (non-hydrogen) atoms. The van der Waals surface area contributed by atoms with Crippen molar-refractivity contribution >= 4 is 40.7 Å². The van der Waals surface area contributed by atoms with Crippen LogP contribution in [0.25, 0.3) is 17.0 Å². The van der Waals surface area contributed by atoms with E-state index >= 15 is 0 Å². The molecule has 9 nitrogen and oxygen atoms in total. The van der Waals surface area contributed by atoms with E-state index in [-0.39, 0.29) is 23.1 Å². The van der Waals surface area contributed by atoms with Gasteiger partial charge in [0.15, 0.2) is 5.16 Å². The maximum Gasteiger partial charge on any atom is 0.252 e. The van der Waals surface area contributed by atoms with Gasteiger partial charge in [-0.1, -0.05) is 48.2 Å². The van der Waals surface area contributed by atoms with Crippen molar-refractivity contribution in [1.29, 1.82) is 0 Å². The van der Waals surface area contributed by atoms with Gasteiger partial charge in [0.2, 0.25) is 17.6 Å². The van der Waals surface area contributed by atoms with Gasteiger partial charge in [-0.25, -0.2) is 0 Å². The Bertz CT molecular complexity index is 1320. The van der Waals surface area contributed by atoms with Gasteiger partial charge < -0.3 is 10.6 Å². The van der Waals surface area contributed by atoms with Crippen LogP contribution in [0.4, 0.5) is 11.4 Å². The molecule has 0 unspecified atom stereocenters. The minimum Gasteiger partial charge on any atom is -0.326 e. The number of aromatic nitrogens is 4. The van der Waals surface area contributed by atoms with Gasteiger partial charge in [0.1, 0.15) is 0 Å². The molecule has 3 N–H and O–H groups in total. The van der Waals surface area contributed by atoms with Crippen LogP contribution in [0.2, 0.25) is 0 Å². The lowest BCUT2D eigenvalue weighted by molar-refractivity contribution is -0.114. The molecule has 0 spiro atoms. The van der Waals surface area contributed by atoms with Gasteiger partial charge in [0, 0.05) is 24.4 Å². The third-order valence-corrected chi connectivity index (χ3v) is 5.17. The van der Waals surface area contributed by atoms with E-state index in [1.54, 1.807) is 28.7 Å². The highest BCUT2D eigenvalue weighted by atomic mass is 32.2. The Morgan fingerprint density at radius 2 is 1.74 bits per heavy atom. The standard InChI is InChI=1S/C21H18N6O3S/c1-13(28)22-15-8-5-9-16(10-15)23-19(30)12-31-21-26-25-20-24-18(29)11-17(27(20)21)14-6-3-2-4-7-14/h2-11H,12H2,1H3,(H,22,28)(H,23,30)(H,24,25,29). The van der Waals surface area contributed by atoms with Crippen LogP contribution >= 0.6 is 11.8 Å². The van der Waals surface area contributed by atoms with Gasteiger partial charge in [0.05, 0.1) is 11.4 Å². The molecule has 0 aliphatic rings. The summed E-state index contributed by atoms with van der Waals surface area (Å²) >= 11 is 1.20. The fourth-order valence-electron chi connectivity index (χ4n) is 3.02. The Morgan fingerprint density at radius 1 is 1.00 bits per heavy atom. The molecule has 4 rings (SSSR count). The summed E-state index contributed by atoms with van der Waals surface area (Å²) in [6.07, 6.45) is 0. The quantitative estimate of drug-likeness (QED) is 0.401. The summed E-state index contributed by atoms with van der Waals surface area (Å²) < 4.78 is 1.71. The van der Waals surface area contributed by atoms with Crippen LogP contribution in [0, 0.1) is 0 Å². The molecule has 0 aliphatic heterocycles. The van der Waals surface area contributed by atoms with Crippen LogP contribution in [0.3, 0.4) is 0 Å². The van der Waals surface area contributed by atoms with E-state index in [4.69, 9.17) is 0 Å². The first-order chi connectivity index (χ1) is 15.0. The number of benzene rings is 2. The first kappa shape index (κ1) is 20.4. The zero-order chi connectivity index (χ0) is 21.8. The summed E-state index contributed by atoms with van der Waals surface area (Å²) in [5.74, 6) is -0.0481. The number of nitrogens with one attached hydrogen (secondary N) is 3. The van der Waals surface area contributed by atoms with Gasteiger partial charge in [-0.15, -0.1) is 10.2 Å². The fraction of sp³-hybridized carbons (Fsp3) is 0.0952. The van der Waals surface area contributed by atoms with Crippen LogP contribution in [-0.4, -0.2) is 37.1 Å². The van der Waals surface area contributed by atoms with Gasteiger partial charge in [0.25, 0.3) is 5.56 Å². The molecule has 0 atom stereocenters. The molecule has 2 heterocycles. The first-order valence-corrected chi connectivity index (χ1v) is 10.3. The van der Waals surface area contributed by atoms with Gasteiger partial charge in [-0.2, -0.15) is 0 Å². The predicted octanol–water partition coefficient (Wildman–Crippen LogP) is 2.77. The van der Waals surface area contributed by atoms with Crippen LogP contribution in [0.15, 0.2) is 70.6 Å². The van der Waals surface area contributed by atoms with Crippen LogP contribution < -0.4 is 16.2 Å². The highest BCUT2D eigenvalue weighted by Crippen LogP contribution is 2.24. The van der Waals surface area contributed by atoms with Crippen molar-refractivity contribution < 1.29 is 9.59 Å². The molecule has 0 fully saturated rings. The fourth-order valence-corrected chi connectivity index (χ4v) is 3.77. The lowest BCUT2D eigenvalue weighted by atomic mass is 10.1. The Balaban J connectivity index is 1.53. The number of hydrogen-bond acceptors (Lipinski definition) is 6. The molecule has 10 heteroatoms. The minimum absolute atomic E-state index is 0.0819. The second-order valence-electron chi connectivity index (χ2n) is 6.63. The summed E-state index contributed by atoms with van der Waals surface area (Å²) in [6.45, 7) is 1.42. The molecule has 0 radical (unpaired) electrons. The summed E-state index contributed by atoms with van der Waals surface area (Å²) in [4.78, 5) is 38.3. The number of thioether (sulfide) groups is 1. The number of anilines is 2. The zero-order valence-corrected chi connectivity index (χ0v) is 17.3. The molecule has 0 saturated carbocycles. The van der Waals surface area contributed by atoms with Gasteiger partial charge in [-0.05, 0) is 23.8 Å². The van der Waals surface area contributed by atoms with Crippen LogP contribution in [-0.2, 0) is 9.59 Å². The van der Waals surface area contributed by atoms with E-state index in [1.807, 2.05) is 30.3 Å². The van der Waals surface area contributed by atoms with E-state index < -0.39 is 0 Å². The Kier molecular flexibility index (Phi) is 5.80. The molecule has 0 saturated heterocycles. The summed E-state index contributed by atoms with van der Waals surface area (Å²) in [6, 6.07) is 17.8. The molecule has 2 aromatic carbocycles. The minimum atomic E-state index is -0.285. The Hall–Kier alpha value is -3.92. The number of rotatable bonds is 6. The van der Waals surface area contributed by atoms with E-state index in [0.717, 1.165) is 5.56 Å². The van der Waals surface area contributed by atoms with Crippen molar-refractivity contribution in [3.05, 3.63) is 71.0 Å². The third-order valence-electron chi connectivity index (χ3n) is 4.25. The molecule has 2 aromatic heterocycles. The number of amides is 2. The van der Waals surface area contributed by atoms with E-state index in [2.05, 4.69) is 25.8 Å². The monoisotopic (exact) mass is 434 g/mol. The van der Waals surface area contributed by atoms with Crippen molar-refractivity contribution in [2.75, 3.05) is 16.4 Å². The van der Waals surface area contributed by atoms with Crippen molar-refractivity contribution in [3.8, 4) is 11.3 Å². The molecule has 4 aromatic rings. The number of fused-ring (bicyclic) bond motifs is 1. The normalized spacial score (nSPS) is 10.7. The summed E-state index contributed by atoms with van der Waals surface area (Å²) in [5, 5.41) is 14.1. The van der Waals surface area contributed by atoms with E-state index in [1.165, 1.54) is 24.8 Å². The van der Waals surface area contributed by atoms with Gasteiger partial charge >= 0.3 is 0 Å². The Morgan fingerprint density at radius 3 is 2.48 bits per heavy atom. The molecular weight excluding hydrogens is 416 g/mol. The number of H-pyrrole nitrogens is 1. The van der Waals surface area contributed by atoms with Crippen LogP contribution in [0.1, 0.15) is 6.92 Å². The highest BCUT2D eigenvalue weighted by Gasteiger charge is 2.15. The molecule has 0 bridgehead atoms. The van der Waals surface area contributed by atoms with Crippen molar-refractivity contribution in [2.45, 2.75) is 12.1 Å². The average molecular weight is 434 g/mol. The van der Waals surface area contributed by atoms with E-state index in [0.29, 0.717) is 28.0 Å². The molecule has 2 amide bonds. The second kappa shape index (κ2) is 8.84.